The van der Waals surface area contributed by atoms with Crippen LogP contribution >= 0.6 is 11.6 Å². The van der Waals surface area contributed by atoms with Crippen LogP contribution in [0.5, 0.6) is 0 Å². The largest absolute Gasteiger partial charge is 0.461 e. The highest BCUT2D eigenvalue weighted by molar-refractivity contribution is 6.31. The molecule has 1 aliphatic rings. The molecule has 0 amide bonds. The smallest absolute Gasteiger partial charge is 0.222 e. The number of hydrogen-bond acceptors (Lipinski definition) is 3. The Balaban J connectivity index is 2.11. The van der Waals surface area contributed by atoms with Gasteiger partial charge in [-0.1, -0.05) is 29.3 Å². The van der Waals surface area contributed by atoms with Crippen LogP contribution in [0.25, 0.3) is 0 Å². The van der Waals surface area contributed by atoms with Gasteiger partial charge in [0.2, 0.25) is 5.90 Å². The van der Waals surface area contributed by atoms with E-state index in [2.05, 4.69) is 4.99 Å². The molecule has 20 heavy (non-hydrogen) atoms. The minimum atomic E-state index is -0.628. The number of aldehydes is 1. The molecule has 2 aromatic carbocycles. The quantitative estimate of drug-likeness (QED) is 0.782. The van der Waals surface area contributed by atoms with Gasteiger partial charge in [0.05, 0.1) is 5.69 Å². The zero-order valence-corrected chi connectivity index (χ0v) is 11.6. The van der Waals surface area contributed by atoms with Gasteiger partial charge in [-0.15, -0.1) is 0 Å². The van der Waals surface area contributed by atoms with Crippen LogP contribution in [0, 0.1) is 6.92 Å². The number of hydrogen-bond donors (Lipinski definition) is 0. The van der Waals surface area contributed by atoms with Gasteiger partial charge in [0.25, 0.3) is 0 Å². The summed E-state index contributed by atoms with van der Waals surface area (Å²) < 4.78 is 5.68. The number of carbonyl (C=O) groups excluding carboxylic acids is 1. The number of aliphatic imine (C=N–C) groups is 1. The Bertz CT molecular complexity index is 709. The van der Waals surface area contributed by atoms with E-state index in [1.807, 2.05) is 37.3 Å². The first-order chi connectivity index (χ1) is 9.67. The summed E-state index contributed by atoms with van der Waals surface area (Å²) in [4.78, 5) is 15.7. The lowest BCUT2D eigenvalue weighted by Crippen LogP contribution is -2.18. The van der Waals surface area contributed by atoms with Crippen molar-refractivity contribution in [1.29, 1.82) is 0 Å². The van der Waals surface area contributed by atoms with E-state index in [4.69, 9.17) is 16.3 Å². The van der Waals surface area contributed by atoms with Crippen molar-refractivity contribution in [3.8, 4) is 0 Å². The lowest BCUT2D eigenvalue weighted by atomic mass is 10.0. The number of fused-ring (bicyclic) bond motifs is 1. The molecule has 0 radical (unpaired) electrons. The van der Waals surface area contributed by atoms with Crippen LogP contribution in [-0.2, 0) is 9.53 Å². The van der Waals surface area contributed by atoms with Gasteiger partial charge in [-0.25, -0.2) is 4.99 Å². The number of aryl methyl sites for hydroxylation is 1. The average Bonchev–Trinajstić information content (AvgIpc) is 2.46. The second-order valence-corrected chi connectivity index (χ2v) is 5.10. The summed E-state index contributed by atoms with van der Waals surface area (Å²) in [5, 5.41) is 0.603. The Morgan fingerprint density at radius 2 is 2.10 bits per heavy atom. The highest BCUT2D eigenvalue weighted by Gasteiger charge is 2.24. The molecular formula is C16H12ClNO2. The van der Waals surface area contributed by atoms with Crippen molar-refractivity contribution in [3.63, 3.8) is 0 Å². The molecule has 0 N–H and O–H groups in total. The third-order valence-electron chi connectivity index (χ3n) is 3.15. The highest BCUT2D eigenvalue weighted by Crippen LogP contribution is 2.34. The predicted octanol–water partition coefficient (Wildman–Crippen LogP) is 4.00. The van der Waals surface area contributed by atoms with E-state index < -0.39 is 6.10 Å². The Hall–Kier alpha value is -2.13. The molecule has 3 rings (SSSR count). The Morgan fingerprint density at radius 1 is 1.25 bits per heavy atom. The van der Waals surface area contributed by atoms with Crippen molar-refractivity contribution < 1.29 is 9.53 Å². The summed E-state index contributed by atoms with van der Waals surface area (Å²) in [6, 6.07) is 13.0. The van der Waals surface area contributed by atoms with E-state index in [0.717, 1.165) is 28.7 Å². The number of carbonyl (C=O) groups is 1. The van der Waals surface area contributed by atoms with Gasteiger partial charge >= 0.3 is 0 Å². The molecule has 1 heterocycles. The van der Waals surface area contributed by atoms with E-state index in [1.165, 1.54) is 0 Å². The second kappa shape index (κ2) is 5.10. The molecular weight excluding hydrogens is 274 g/mol. The minimum Gasteiger partial charge on any atom is -0.461 e. The number of ether oxygens (including phenoxy) is 1. The van der Waals surface area contributed by atoms with Gasteiger partial charge in [0.15, 0.2) is 12.4 Å². The van der Waals surface area contributed by atoms with E-state index >= 15 is 0 Å². The van der Waals surface area contributed by atoms with Crippen LogP contribution in [0.2, 0.25) is 5.02 Å². The van der Waals surface area contributed by atoms with Gasteiger partial charge in [0, 0.05) is 16.1 Å². The monoisotopic (exact) mass is 285 g/mol. The molecule has 0 fully saturated rings. The van der Waals surface area contributed by atoms with Crippen LogP contribution in [0.1, 0.15) is 22.8 Å². The zero-order valence-electron chi connectivity index (χ0n) is 10.8. The molecule has 100 valence electrons. The lowest BCUT2D eigenvalue weighted by molar-refractivity contribution is -0.114. The number of nitrogens with zero attached hydrogens (tertiary/aromatic N) is 1. The van der Waals surface area contributed by atoms with Crippen molar-refractivity contribution in [3.05, 3.63) is 64.2 Å². The van der Waals surface area contributed by atoms with E-state index in [0.29, 0.717) is 10.9 Å². The molecule has 1 unspecified atom stereocenters. The van der Waals surface area contributed by atoms with Gasteiger partial charge in [0.1, 0.15) is 0 Å². The van der Waals surface area contributed by atoms with Gasteiger partial charge in [-0.2, -0.15) is 0 Å². The number of rotatable bonds is 2. The van der Waals surface area contributed by atoms with Gasteiger partial charge in [-0.05, 0) is 37.3 Å². The topological polar surface area (TPSA) is 38.7 Å². The molecule has 1 atom stereocenters. The first kappa shape index (κ1) is 12.9. The first-order valence-electron chi connectivity index (χ1n) is 6.24. The van der Waals surface area contributed by atoms with Crippen LogP contribution in [0.4, 0.5) is 5.69 Å². The van der Waals surface area contributed by atoms with E-state index in [9.17, 15) is 4.79 Å². The summed E-state index contributed by atoms with van der Waals surface area (Å²) in [5.74, 6) is 0.418. The highest BCUT2D eigenvalue weighted by atomic mass is 35.5. The summed E-state index contributed by atoms with van der Waals surface area (Å²) in [6.07, 6.45) is 0.161. The van der Waals surface area contributed by atoms with E-state index in [1.54, 1.807) is 12.1 Å². The van der Waals surface area contributed by atoms with Crippen molar-refractivity contribution in [1.82, 2.24) is 0 Å². The molecule has 0 aliphatic carbocycles. The molecule has 0 saturated heterocycles. The summed E-state index contributed by atoms with van der Waals surface area (Å²) in [5.41, 5.74) is 3.39. The summed E-state index contributed by atoms with van der Waals surface area (Å²) in [7, 11) is 0. The third-order valence-corrected chi connectivity index (χ3v) is 3.38. The SMILES string of the molecule is Cc1ccc2c(c1)C(C=O)OC(c1cccc(Cl)c1)=N2. The Kier molecular flexibility index (Phi) is 3.28. The average molecular weight is 286 g/mol. The van der Waals surface area contributed by atoms with Crippen molar-refractivity contribution in [2.75, 3.05) is 0 Å². The molecule has 1 aliphatic heterocycles. The normalized spacial score (nSPS) is 16.9. The van der Waals surface area contributed by atoms with Crippen molar-refractivity contribution in [2.45, 2.75) is 13.0 Å². The zero-order chi connectivity index (χ0) is 14.1. The van der Waals surface area contributed by atoms with Crippen LogP contribution < -0.4 is 0 Å². The maximum Gasteiger partial charge on any atom is 0.222 e. The Morgan fingerprint density at radius 3 is 2.85 bits per heavy atom. The number of benzene rings is 2. The van der Waals surface area contributed by atoms with Crippen LogP contribution in [-0.4, -0.2) is 12.2 Å². The van der Waals surface area contributed by atoms with Crippen LogP contribution in [0.15, 0.2) is 47.5 Å². The fourth-order valence-electron chi connectivity index (χ4n) is 2.18. The Labute approximate surface area is 121 Å². The fraction of sp³-hybridized carbons (Fsp3) is 0.125. The fourth-order valence-corrected chi connectivity index (χ4v) is 2.37. The molecule has 2 aromatic rings. The van der Waals surface area contributed by atoms with E-state index in [-0.39, 0.29) is 0 Å². The molecule has 0 saturated carbocycles. The molecule has 0 bridgehead atoms. The molecule has 4 heteroatoms. The molecule has 0 aromatic heterocycles. The maximum absolute atomic E-state index is 11.3. The minimum absolute atomic E-state index is 0.418. The molecule has 3 nitrogen and oxygen atoms in total. The predicted molar refractivity (Wildman–Crippen MR) is 78.7 cm³/mol. The molecule has 0 spiro atoms. The third kappa shape index (κ3) is 2.32. The second-order valence-electron chi connectivity index (χ2n) is 4.66. The van der Waals surface area contributed by atoms with Gasteiger partial charge < -0.3 is 4.74 Å². The van der Waals surface area contributed by atoms with Crippen molar-refractivity contribution in [2.24, 2.45) is 4.99 Å². The first-order valence-corrected chi connectivity index (χ1v) is 6.62. The van der Waals surface area contributed by atoms with Crippen molar-refractivity contribution >= 4 is 29.5 Å². The number of halogens is 1. The lowest BCUT2D eigenvalue weighted by Gasteiger charge is -2.22. The summed E-state index contributed by atoms with van der Waals surface area (Å²) in [6.45, 7) is 1.97. The van der Waals surface area contributed by atoms with Crippen LogP contribution in [0.3, 0.4) is 0 Å². The van der Waals surface area contributed by atoms with Gasteiger partial charge in [-0.3, -0.25) is 4.79 Å². The standard InChI is InChI=1S/C16H12ClNO2/c1-10-5-6-14-13(7-10)15(9-19)20-16(18-14)11-3-2-4-12(17)8-11/h2-9,15H,1H3. The maximum atomic E-state index is 11.3. The summed E-state index contributed by atoms with van der Waals surface area (Å²) >= 11 is 5.98.